The molecule has 1 amide bonds. The second-order valence-corrected chi connectivity index (χ2v) is 5.76. The number of carbonyl (C=O) groups is 1. The lowest BCUT2D eigenvalue weighted by molar-refractivity contribution is 0.0998. The topological polar surface area (TPSA) is 55.1 Å². The fraction of sp³-hybridized carbons (Fsp3) is 0. The smallest absolute Gasteiger partial charge is 0.293 e. The molecule has 0 spiro atoms. The zero-order valence-electron chi connectivity index (χ0n) is 11.2. The van der Waals surface area contributed by atoms with Crippen LogP contribution in [0.5, 0.6) is 0 Å². The first kappa shape index (κ1) is 13.0. The third kappa shape index (κ3) is 2.23. The number of nitrogens with zero attached hydrogens (tertiary/aromatic N) is 1. The molecule has 0 aliphatic carbocycles. The Morgan fingerprint density at radius 1 is 1.18 bits per heavy atom. The highest BCUT2D eigenvalue weighted by molar-refractivity contribution is 7.22. The summed E-state index contributed by atoms with van der Waals surface area (Å²) < 4.78 is 19.3. The van der Waals surface area contributed by atoms with Crippen molar-refractivity contribution in [2.45, 2.75) is 0 Å². The number of amides is 1. The lowest BCUT2D eigenvalue weighted by Crippen LogP contribution is -2.10. The molecule has 4 nitrogen and oxygen atoms in total. The van der Waals surface area contributed by atoms with Gasteiger partial charge in [0.25, 0.3) is 5.91 Å². The number of para-hydroxylation sites is 1. The van der Waals surface area contributed by atoms with Crippen LogP contribution < -0.4 is 5.32 Å². The molecule has 4 rings (SSSR count). The van der Waals surface area contributed by atoms with Gasteiger partial charge in [-0.05, 0) is 30.3 Å². The van der Waals surface area contributed by atoms with E-state index in [1.807, 2.05) is 18.2 Å². The minimum atomic E-state index is -0.379. The van der Waals surface area contributed by atoms with Gasteiger partial charge in [-0.3, -0.25) is 10.1 Å². The van der Waals surface area contributed by atoms with Gasteiger partial charge in [-0.1, -0.05) is 29.5 Å². The fourth-order valence-corrected chi connectivity index (χ4v) is 3.09. The Bertz CT molecular complexity index is 973. The summed E-state index contributed by atoms with van der Waals surface area (Å²) in [5.74, 6) is -0.492. The molecule has 0 aliphatic heterocycles. The van der Waals surface area contributed by atoms with Crippen LogP contribution in [0.3, 0.4) is 0 Å². The van der Waals surface area contributed by atoms with E-state index in [-0.39, 0.29) is 17.5 Å². The number of halogens is 1. The van der Waals surface area contributed by atoms with Crippen LogP contribution in [0.2, 0.25) is 0 Å². The normalized spacial score (nSPS) is 11.1. The maximum Gasteiger partial charge on any atom is 0.293 e. The van der Waals surface area contributed by atoms with Gasteiger partial charge in [-0.15, -0.1) is 0 Å². The van der Waals surface area contributed by atoms with Gasteiger partial charge in [0.05, 0.1) is 10.2 Å². The monoisotopic (exact) mass is 312 g/mol. The summed E-state index contributed by atoms with van der Waals surface area (Å²) in [5.41, 5.74) is 1.30. The fourth-order valence-electron chi connectivity index (χ4n) is 2.20. The van der Waals surface area contributed by atoms with Crippen LogP contribution in [0.15, 0.2) is 52.9 Å². The summed E-state index contributed by atoms with van der Waals surface area (Å²) in [6, 6.07) is 13.4. The molecule has 0 saturated carbocycles. The van der Waals surface area contributed by atoms with Gasteiger partial charge in [0.2, 0.25) is 0 Å². The van der Waals surface area contributed by atoms with Crippen molar-refractivity contribution < 1.29 is 13.6 Å². The number of nitrogens with one attached hydrogen (secondary N) is 1. The Morgan fingerprint density at radius 3 is 2.91 bits per heavy atom. The summed E-state index contributed by atoms with van der Waals surface area (Å²) in [6.07, 6.45) is 0. The van der Waals surface area contributed by atoms with E-state index in [2.05, 4.69) is 10.3 Å². The van der Waals surface area contributed by atoms with Gasteiger partial charge in [-0.2, -0.15) is 0 Å². The number of carbonyl (C=O) groups excluding carboxylic acids is 1. The number of thiazole rings is 1. The molecule has 108 valence electrons. The number of furan rings is 1. The Hall–Kier alpha value is -2.73. The van der Waals surface area contributed by atoms with E-state index >= 15 is 0 Å². The second-order valence-electron chi connectivity index (χ2n) is 4.73. The number of fused-ring (bicyclic) bond motifs is 2. The molecule has 0 aliphatic rings. The van der Waals surface area contributed by atoms with Crippen LogP contribution in [-0.2, 0) is 0 Å². The zero-order valence-corrected chi connectivity index (χ0v) is 12.0. The highest BCUT2D eigenvalue weighted by atomic mass is 32.1. The number of aromatic nitrogens is 1. The molecule has 0 bridgehead atoms. The molecule has 0 unspecified atom stereocenters. The van der Waals surface area contributed by atoms with Crippen molar-refractivity contribution in [1.82, 2.24) is 4.98 Å². The lowest BCUT2D eigenvalue weighted by Gasteiger charge is -1.96. The average Bonchev–Trinajstić information content (AvgIpc) is 3.09. The zero-order chi connectivity index (χ0) is 15.1. The first-order valence-corrected chi connectivity index (χ1v) is 7.37. The maximum atomic E-state index is 13.2. The summed E-state index contributed by atoms with van der Waals surface area (Å²) in [6.45, 7) is 0. The summed E-state index contributed by atoms with van der Waals surface area (Å²) in [5, 5.41) is 3.95. The third-order valence-corrected chi connectivity index (χ3v) is 4.15. The molecule has 2 aromatic carbocycles. The molecule has 0 saturated heterocycles. The molecule has 0 fully saturated rings. The van der Waals surface area contributed by atoms with Crippen molar-refractivity contribution in [3.63, 3.8) is 0 Å². The van der Waals surface area contributed by atoms with Crippen LogP contribution >= 0.6 is 11.3 Å². The van der Waals surface area contributed by atoms with E-state index < -0.39 is 0 Å². The molecule has 2 aromatic heterocycles. The number of anilines is 1. The molecule has 0 atom stereocenters. The predicted octanol–water partition coefficient (Wildman–Crippen LogP) is 4.43. The van der Waals surface area contributed by atoms with Crippen molar-refractivity contribution in [3.8, 4) is 0 Å². The molecule has 22 heavy (non-hydrogen) atoms. The van der Waals surface area contributed by atoms with E-state index in [1.54, 1.807) is 18.2 Å². The summed E-state index contributed by atoms with van der Waals surface area (Å²) in [4.78, 5) is 16.5. The average molecular weight is 312 g/mol. The van der Waals surface area contributed by atoms with Crippen LogP contribution in [0.1, 0.15) is 10.6 Å². The van der Waals surface area contributed by atoms with Crippen molar-refractivity contribution >= 4 is 43.6 Å². The van der Waals surface area contributed by atoms with Crippen LogP contribution in [0.25, 0.3) is 21.2 Å². The van der Waals surface area contributed by atoms with Crippen LogP contribution in [0.4, 0.5) is 9.52 Å². The SMILES string of the molecule is O=C(Nc1nc2ccc(F)cc2s1)c1cc2ccccc2o1. The van der Waals surface area contributed by atoms with Crippen LogP contribution in [-0.4, -0.2) is 10.9 Å². The second kappa shape index (κ2) is 4.92. The Balaban J connectivity index is 1.64. The summed E-state index contributed by atoms with van der Waals surface area (Å²) >= 11 is 1.22. The predicted molar refractivity (Wildman–Crippen MR) is 83.7 cm³/mol. The molecule has 4 aromatic rings. The van der Waals surface area contributed by atoms with E-state index in [1.165, 1.54) is 23.5 Å². The first-order valence-electron chi connectivity index (χ1n) is 6.55. The minimum Gasteiger partial charge on any atom is -0.451 e. The van der Waals surface area contributed by atoms with Gasteiger partial charge >= 0.3 is 0 Å². The Kier molecular flexibility index (Phi) is 2.90. The van der Waals surface area contributed by atoms with Gasteiger partial charge in [0.1, 0.15) is 11.4 Å². The van der Waals surface area contributed by atoms with Gasteiger partial charge in [-0.25, -0.2) is 9.37 Å². The first-order chi connectivity index (χ1) is 10.7. The Labute approximate surface area is 128 Å². The highest BCUT2D eigenvalue weighted by Gasteiger charge is 2.14. The molecule has 1 N–H and O–H groups in total. The lowest BCUT2D eigenvalue weighted by atomic mass is 10.2. The van der Waals surface area contributed by atoms with Crippen molar-refractivity contribution in [3.05, 3.63) is 60.1 Å². The standard InChI is InChI=1S/C16H9FN2O2S/c17-10-5-6-11-14(8-10)22-16(18-11)19-15(20)13-7-9-3-1-2-4-12(9)21-13/h1-8H,(H,18,19,20). The molecular formula is C16H9FN2O2S. The minimum absolute atomic E-state index is 0.214. The van der Waals surface area contributed by atoms with Gasteiger partial charge in [0.15, 0.2) is 10.9 Å². The molecule has 0 radical (unpaired) electrons. The van der Waals surface area contributed by atoms with E-state index in [0.717, 1.165) is 5.39 Å². The summed E-state index contributed by atoms with van der Waals surface area (Å²) in [7, 11) is 0. The van der Waals surface area contributed by atoms with Crippen molar-refractivity contribution in [1.29, 1.82) is 0 Å². The van der Waals surface area contributed by atoms with Gasteiger partial charge < -0.3 is 4.42 Å². The maximum absolute atomic E-state index is 13.2. The van der Waals surface area contributed by atoms with E-state index in [9.17, 15) is 9.18 Å². The van der Waals surface area contributed by atoms with Crippen molar-refractivity contribution in [2.75, 3.05) is 5.32 Å². The highest BCUT2D eigenvalue weighted by Crippen LogP contribution is 2.27. The van der Waals surface area contributed by atoms with E-state index in [0.29, 0.717) is 20.9 Å². The molecule has 6 heteroatoms. The number of benzene rings is 2. The quantitative estimate of drug-likeness (QED) is 0.595. The molecular weight excluding hydrogens is 303 g/mol. The van der Waals surface area contributed by atoms with Crippen LogP contribution in [0, 0.1) is 5.82 Å². The molecule has 2 heterocycles. The number of hydrogen-bond donors (Lipinski definition) is 1. The largest absolute Gasteiger partial charge is 0.451 e. The van der Waals surface area contributed by atoms with Gasteiger partial charge in [0, 0.05) is 5.39 Å². The Morgan fingerprint density at radius 2 is 2.05 bits per heavy atom. The number of rotatable bonds is 2. The third-order valence-electron chi connectivity index (χ3n) is 3.22. The number of hydrogen-bond acceptors (Lipinski definition) is 4. The van der Waals surface area contributed by atoms with E-state index in [4.69, 9.17) is 4.42 Å². The van der Waals surface area contributed by atoms with Crippen molar-refractivity contribution in [2.24, 2.45) is 0 Å².